The fourth-order valence-electron chi connectivity index (χ4n) is 1.62. The largest absolute Gasteiger partial charge is 0.476 e. The molecule has 0 radical (unpaired) electrons. The highest BCUT2D eigenvalue weighted by molar-refractivity contribution is 5.91. The number of anilines is 1. The summed E-state index contributed by atoms with van der Waals surface area (Å²) in [6.45, 7) is 4.34. The van der Waals surface area contributed by atoms with E-state index >= 15 is 0 Å². The summed E-state index contributed by atoms with van der Waals surface area (Å²) in [4.78, 5) is 22.7. The number of unbranched alkanes of at least 4 members (excludes halogenated alkanes) is 2. The van der Waals surface area contributed by atoms with Crippen molar-refractivity contribution >= 4 is 17.6 Å². The van der Waals surface area contributed by atoms with Gasteiger partial charge in [-0.2, -0.15) is 5.10 Å². The molecular formula is C12H20N4O3. The number of amides is 1. The molecule has 0 saturated heterocycles. The Morgan fingerprint density at radius 2 is 2.21 bits per heavy atom. The molecule has 106 valence electrons. The fourth-order valence-corrected chi connectivity index (χ4v) is 1.62. The number of aromatic nitrogens is 2. The second kappa shape index (κ2) is 6.77. The maximum Gasteiger partial charge on any atom is 0.358 e. The molecule has 1 amide bonds. The van der Waals surface area contributed by atoms with Gasteiger partial charge in [0.2, 0.25) is 5.91 Å². The Morgan fingerprint density at radius 1 is 1.53 bits per heavy atom. The molecule has 1 aromatic heterocycles. The third-order valence-corrected chi connectivity index (χ3v) is 2.82. The van der Waals surface area contributed by atoms with Gasteiger partial charge in [-0.3, -0.25) is 9.48 Å². The molecule has 1 heterocycles. The van der Waals surface area contributed by atoms with E-state index in [0.29, 0.717) is 6.54 Å². The van der Waals surface area contributed by atoms with Gasteiger partial charge in [0.15, 0.2) is 5.69 Å². The Kier molecular flexibility index (Phi) is 5.35. The van der Waals surface area contributed by atoms with Crippen LogP contribution in [0, 0.1) is 0 Å². The van der Waals surface area contributed by atoms with Crippen LogP contribution in [0.4, 0.5) is 5.69 Å². The first-order valence-corrected chi connectivity index (χ1v) is 6.33. The maximum absolute atomic E-state index is 11.8. The lowest BCUT2D eigenvalue weighted by atomic mass is 10.2. The summed E-state index contributed by atoms with van der Waals surface area (Å²) >= 11 is 0. The maximum atomic E-state index is 11.8. The number of rotatable bonds is 7. The molecule has 1 unspecified atom stereocenters. The molecule has 19 heavy (non-hydrogen) atoms. The number of carboxylic acids is 1. The Balaban J connectivity index is 2.61. The highest BCUT2D eigenvalue weighted by atomic mass is 16.4. The molecule has 0 bridgehead atoms. The Bertz CT molecular complexity index is 456. The van der Waals surface area contributed by atoms with Crippen LogP contribution in [-0.2, 0) is 4.79 Å². The molecule has 0 fully saturated rings. The Hall–Kier alpha value is -2.05. The van der Waals surface area contributed by atoms with E-state index in [1.165, 1.54) is 10.9 Å². The highest BCUT2D eigenvalue weighted by Crippen LogP contribution is 2.13. The summed E-state index contributed by atoms with van der Waals surface area (Å²) in [5, 5.41) is 15.4. The van der Waals surface area contributed by atoms with E-state index in [4.69, 9.17) is 10.8 Å². The van der Waals surface area contributed by atoms with E-state index in [0.717, 1.165) is 19.3 Å². The average Bonchev–Trinajstić information content (AvgIpc) is 2.75. The highest BCUT2D eigenvalue weighted by Gasteiger charge is 2.20. The lowest BCUT2D eigenvalue weighted by molar-refractivity contribution is -0.124. The van der Waals surface area contributed by atoms with Crippen LogP contribution in [0.25, 0.3) is 0 Å². The monoisotopic (exact) mass is 268 g/mol. The molecule has 4 N–H and O–H groups in total. The zero-order chi connectivity index (χ0) is 14.4. The number of aromatic carboxylic acids is 1. The zero-order valence-electron chi connectivity index (χ0n) is 11.2. The van der Waals surface area contributed by atoms with Crippen LogP contribution in [0.3, 0.4) is 0 Å². The summed E-state index contributed by atoms with van der Waals surface area (Å²) in [6.07, 6.45) is 4.44. The van der Waals surface area contributed by atoms with Crippen molar-refractivity contribution in [1.82, 2.24) is 15.1 Å². The van der Waals surface area contributed by atoms with Crippen LogP contribution in [0.5, 0.6) is 0 Å². The van der Waals surface area contributed by atoms with Crippen molar-refractivity contribution < 1.29 is 14.7 Å². The van der Waals surface area contributed by atoms with Crippen LogP contribution in [0.2, 0.25) is 0 Å². The number of hydrogen-bond donors (Lipinski definition) is 3. The van der Waals surface area contributed by atoms with Crippen molar-refractivity contribution in [3.05, 3.63) is 11.9 Å². The number of carbonyl (C=O) groups is 2. The Labute approximate surface area is 111 Å². The van der Waals surface area contributed by atoms with Gasteiger partial charge in [-0.15, -0.1) is 0 Å². The molecule has 0 spiro atoms. The molecule has 7 nitrogen and oxygen atoms in total. The third kappa shape index (κ3) is 3.97. The molecule has 0 aliphatic carbocycles. The number of carbonyl (C=O) groups excluding carboxylic acids is 1. The standard InChI is InChI=1S/C12H20N4O3/c1-3-4-5-6-14-11(17)8(2)16-7-9(13)10(15-16)12(18)19/h7-8H,3-6,13H2,1-2H3,(H,14,17)(H,18,19). The number of carboxylic acid groups (broad SMARTS) is 1. The van der Waals surface area contributed by atoms with Gasteiger partial charge in [-0.25, -0.2) is 4.79 Å². The predicted molar refractivity (Wildman–Crippen MR) is 70.8 cm³/mol. The van der Waals surface area contributed by atoms with Crippen LogP contribution in [0.15, 0.2) is 6.20 Å². The van der Waals surface area contributed by atoms with Gasteiger partial charge in [0, 0.05) is 12.7 Å². The van der Waals surface area contributed by atoms with Gasteiger partial charge in [-0.05, 0) is 13.3 Å². The molecule has 0 aliphatic rings. The van der Waals surface area contributed by atoms with Crippen molar-refractivity contribution in [2.45, 2.75) is 39.2 Å². The van der Waals surface area contributed by atoms with Gasteiger partial charge < -0.3 is 16.2 Å². The molecule has 0 saturated carbocycles. The smallest absolute Gasteiger partial charge is 0.358 e. The normalized spacial score (nSPS) is 12.1. The second-order valence-corrected chi connectivity index (χ2v) is 4.39. The van der Waals surface area contributed by atoms with Crippen LogP contribution in [0.1, 0.15) is 49.6 Å². The predicted octanol–water partition coefficient (Wildman–Crippen LogP) is 1.03. The third-order valence-electron chi connectivity index (χ3n) is 2.82. The lowest BCUT2D eigenvalue weighted by Gasteiger charge is -2.12. The van der Waals surface area contributed by atoms with Crippen molar-refractivity contribution in [3.8, 4) is 0 Å². The van der Waals surface area contributed by atoms with Crippen molar-refractivity contribution in [3.63, 3.8) is 0 Å². The number of nitrogen functional groups attached to an aromatic ring is 1. The van der Waals surface area contributed by atoms with Gasteiger partial charge in [0.25, 0.3) is 0 Å². The van der Waals surface area contributed by atoms with Gasteiger partial charge in [0.1, 0.15) is 6.04 Å². The van der Waals surface area contributed by atoms with E-state index in [1.807, 2.05) is 0 Å². The van der Waals surface area contributed by atoms with Crippen molar-refractivity contribution in [2.75, 3.05) is 12.3 Å². The van der Waals surface area contributed by atoms with Crippen molar-refractivity contribution in [2.24, 2.45) is 0 Å². The van der Waals surface area contributed by atoms with E-state index < -0.39 is 12.0 Å². The summed E-state index contributed by atoms with van der Waals surface area (Å²) in [7, 11) is 0. The molecule has 1 aromatic rings. The molecule has 0 aromatic carbocycles. The minimum atomic E-state index is -1.20. The van der Waals surface area contributed by atoms with E-state index in [2.05, 4.69) is 17.3 Å². The number of nitrogens with two attached hydrogens (primary N) is 1. The first-order valence-electron chi connectivity index (χ1n) is 6.33. The minimum Gasteiger partial charge on any atom is -0.476 e. The lowest BCUT2D eigenvalue weighted by Crippen LogP contribution is -2.32. The van der Waals surface area contributed by atoms with E-state index in [1.54, 1.807) is 6.92 Å². The van der Waals surface area contributed by atoms with Crippen molar-refractivity contribution in [1.29, 1.82) is 0 Å². The van der Waals surface area contributed by atoms with E-state index in [-0.39, 0.29) is 17.3 Å². The first-order chi connectivity index (χ1) is 8.97. The van der Waals surface area contributed by atoms with Crippen LogP contribution in [-0.4, -0.2) is 33.3 Å². The van der Waals surface area contributed by atoms with E-state index in [9.17, 15) is 9.59 Å². The summed E-state index contributed by atoms with van der Waals surface area (Å²) in [5.41, 5.74) is 5.35. The molecule has 0 aliphatic heterocycles. The number of nitrogens with one attached hydrogen (secondary N) is 1. The average molecular weight is 268 g/mol. The summed E-state index contributed by atoms with van der Waals surface area (Å²) in [6, 6.07) is -0.586. The number of hydrogen-bond acceptors (Lipinski definition) is 4. The SMILES string of the molecule is CCCCCNC(=O)C(C)n1cc(N)c(C(=O)O)n1. The molecule has 1 atom stereocenters. The van der Waals surface area contributed by atoms with Gasteiger partial charge in [0.05, 0.1) is 5.69 Å². The van der Waals surface area contributed by atoms with Crippen LogP contribution < -0.4 is 11.1 Å². The Morgan fingerprint density at radius 3 is 2.74 bits per heavy atom. The summed E-state index contributed by atoms with van der Waals surface area (Å²) in [5.74, 6) is -1.40. The molecular weight excluding hydrogens is 248 g/mol. The van der Waals surface area contributed by atoms with Gasteiger partial charge in [-0.1, -0.05) is 19.8 Å². The number of nitrogens with zero attached hydrogens (tertiary/aromatic N) is 2. The van der Waals surface area contributed by atoms with Gasteiger partial charge >= 0.3 is 5.97 Å². The molecule has 1 rings (SSSR count). The zero-order valence-corrected chi connectivity index (χ0v) is 11.2. The first kappa shape index (κ1) is 15.0. The fraction of sp³-hybridized carbons (Fsp3) is 0.583. The molecule has 7 heteroatoms. The van der Waals surface area contributed by atoms with Crippen LogP contribution >= 0.6 is 0 Å². The summed E-state index contributed by atoms with van der Waals surface area (Å²) < 4.78 is 1.27. The second-order valence-electron chi connectivity index (χ2n) is 4.39. The topological polar surface area (TPSA) is 110 Å². The quantitative estimate of drug-likeness (QED) is 0.640. The minimum absolute atomic E-state index is 0.0538.